The number of carbonyl (C=O) groups is 1. The Morgan fingerprint density at radius 2 is 1.94 bits per heavy atom. The maximum absolute atomic E-state index is 10.5. The van der Waals surface area contributed by atoms with Gasteiger partial charge in [-0.25, -0.2) is 0 Å². The molecule has 0 saturated carbocycles. The van der Waals surface area contributed by atoms with Crippen LogP contribution in [0.2, 0.25) is 0 Å². The molecule has 4 heteroatoms. The van der Waals surface area contributed by atoms with Crippen LogP contribution in [-0.4, -0.2) is 22.9 Å². The summed E-state index contributed by atoms with van der Waals surface area (Å²) < 4.78 is 0. The molecule has 1 aromatic carbocycles. The molecule has 0 amide bonds. The van der Waals surface area contributed by atoms with Gasteiger partial charge in [-0.2, -0.15) is 11.8 Å². The zero-order valence-corrected chi connectivity index (χ0v) is 10.4. The SMILES string of the molecule is Cc1cc(C)cc(CSC[C@@H](N)C(=O)O)c1. The summed E-state index contributed by atoms with van der Waals surface area (Å²) in [4.78, 5) is 10.5. The smallest absolute Gasteiger partial charge is 0.321 e. The van der Waals surface area contributed by atoms with Crippen molar-refractivity contribution in [3.05, 3.63) is 34.9 Å². The van der Waals surface area contributed by atoms with E-state index in [9.17, 15) is 4.79 Å². The lowest BCUT2D eigenvalue weighted by molar-refractivity contribution is -0.137. The number of hydrogen-bond donors (Lipinski definition) is 2. The fourth-order valence-corrected chi connectivity index (χ4v) is 2.44. The maximum Gasteiger partial charge on any atom is 0.321 e. The average molecular weight is 239 g/mol. The second-order valence-corrected chi connectivity index (χ2v) is 4.99. The third-order valence-electron chi connectivity index (χ3n) is 2.16. The van der Waals surface area contributed by atoms with Crippen molar-refractivity contribution in [2.75, 3.05) is 5.75 Å². The molecule has 0 radical (unpaired) electrons. The number of rotatable bonds is 5. The highest BCUT2D eigenvalue weighted by molar-refractivity contribution is 7.98. The molecule has 0 bridgehead atoms. The average Bonchev–Trinajstić information content (AvgIpc) is 2.15. The van der Waals surface area contributed by atoms with Crippen LogP contribution >= 0.6 is 11.8 Å². The Balaban J connectivity index is 2.46. The van der Waals surface area contributed by atoms with E-state index in [4.69, 9.17) is 10.8 Å². The van der Waals surface area contributed by atoms with E-state index in [0.29, 0.717) is 5.75 Å². The predicted molar refractivity (Wildman–Crippen MR) is 67.7 cm³/mol. The van der Waals surface area contributed by atoms with Crippen molar-refractivity contribution in [1.82, 2.24) is 0 Å². The molecule has 1 atom stereocenters. The number of hydrogen-bond acceptors (Lipinski definition) is 3. The van der Waals surface area contributed by atoms with Gasteiger partial charge in [0, 0.05) is 11.5 Å². The highest BCUT2D eigenvalue weighted by Crippen LogP contribution is 2.16. The summed E-state index contributed by atoms with van der Waals surface area (Å²) in [5, 5.41) is 8.63. The van der Waals surface area contributed by atoms with Gasteiger partial charge in [0.15, 0.2) is 0 Å². The Bertz CT molecular complexity index is 359. The Kier molecular flexibility index (Phi) is 4.83. The number of carboxylic acid groups (broad SMARTS) is 1. The standard InChI is InChI=1S/C12H17NO2S/c1-8-3-9(2)5-10(4-8)6-16-7-11(13)12(14)15/h3-5,11H,6-7,13H2,1-2H3,(H,14,15)/t11-/m1/s1. The molecule has 0 fully saturated rings. The molecule has 0 aliphatic carbocycles. The summed E-state index contributed by atoms with van der Waals surface area (Å²) in [7, 11) is 0. The minimum absolute atomic E-state index is 0.447. The molecule has 0 spiro atoms. The number of thioether (sulfide) groups is 1. The molecule has 1 rings (SSSR count). The summed E-state index contributed by atoms with van der Waals surface area (Å²) in [6, 6.07) is 5.59. The normalized spacial score (nSPS) is 12.4. The second kappa shape index (κ2) is 5.92. The minimum Gasteiger partial charge on any atom is -0.480 e. The van der Waals surface area contributed by atoms with Gasteiger partial charge in [0.1, 0.15) is 6.04 Å². The maximum atomic E-state index is 10.5. The van der Waals surface area contributed by atoms with Crippen molar-refractivity contribution in [1.29, 1.82) is 0 Å². The molecule has 88 valence electrons. The molecule has 3 nitrogen and oxygen atoms in total. The number of carboxylic acids is 1. The van der Waals surface area contributed by atoms with Gasteiger partial charge >= 0.3 is 5.97 Å². The van der Waals surface area contributed by atoms with E-state index in [1.165, 1.54) is 16.7 Å². The van der Waals surface area contributed by atoms with Crippen LogP contribution in [0, 0.1) is 13.8 Å². The van der Waals surface area contributed by atoms with E-state index in [0.717, 1.165) is 5.75 Å². The van der Waals surface area contributed by atoms with Crippen LogP contribution in [0.1, 0.15) is 16.7 Å². The first-order valence-electron chi connectivity index (χ1n) is 5.12. The van der Waals surface area contributed by atoms with Gasteiger partial charge < -0.3 is 10.8 Å². The number of aliphatic carboxylic acids is 1. The number of aryl methyl sites for hydroxylation is 2. The molecule has 0 saturated heterocycles. The lowest BCUT2D eigenvalue weighted by Gasteiger charge is -2.07. The number of benzene rings is 1. The Labute approximate surface area is 100 Å². The summed E-state index contributed by atoms with van der Waals surface area (Å²) in [6.07, 6.45) is 0. The monoisotopic (exact) mass is 239 g/mol. The van der Waals surface area contributed by atoms with E-state index < -0.39 is 12.0 Å². The predicted octanol–water partition coefficient (Wildman–Crippen LogP) is 1.95. The van der Waals surface area contributed by atoms with Gasteiger partial charge in [0.25, 0.3) is 0 Å². The van der Waals surface area contributed by atoms with E-state index in [1.807, 2.05) is 0 Å². The van der Waals surface area contributed by atoms with Gasteiger partial charge in [-0.1, -0.05) is 29.3 Å². The van der Waals surface area contributed by atoms with Crippen LogP contribution in [0.4, 0.5) is 0 Å². The molecule has 16 heavy (non-hydrogen) atoms. The summed E-state index contributed by atoms with van der Waals surface area (Å²) in [6.45, 7) is 4.12. The molecule has 1 aromatic rings. The van der Waals surface area contributed by atoms with E-state index >= 15 is 0 Å². The van der Waals surface area contributed by atoms with Crippen LogP contribution < -0.4 is 5.73 Å². The first-order valence-corrected chi connectivity index (χ1v) is 6.28. The lowest BCUT2D eigenvalue weighted by atomic mass is 10.1. The summed E-state index contributed by atoms with van der Waals surface area (Å²) >= 11 is 1.55. The highest BCUT2D eigenvalue weighted by atomic mass is 32.2. The molecular formula is C12H17NO2S. The Morgan fingerprint density at radius 1 is 1.38 bits per heavy atom. The molecule has 0 heterocycles. The molecule has 0 aromatic heterocycles. The zero-order chi connectivity index (χ0) is 12.1. The van der Waals surface area contributed by atoms with Crippen LogP contribution in [0.5, 0.6) is 0 Å². The minimum atomic E-state index is -0.937. The molecule has 3 N–H and O–H groups in total. The molecule has 0 unspecified atom stereocenters. The van der Waals surface area contributed by atoms with Gasteiger partial charge in [-0.15, -0.1) is 0 Å². The largest absolute Gasteiger partial charge is 0.480 e. The van der Waals surface area contributed by atoms with Gasteiger partial charge in [-0.05, 0) is 19.4 Å². The van der Waals surface area contributed by atoms with Crippen molar-refractivity contribution in [2.24, 2.45) is 5.73 Å². The topological polar surface area (TPSA) is 63.3 Å². The van der Waals surface area contributed by atoms with E-state index in [1.54, 1.807) is 11.8 Å². The van der Waals surface area contributed by atoms with Gasteiger partial charge in [0.05, 0.1) is 0 Å². The van der Waals surface area contributed by atoms with Crippen molar-refractivity contribution in [2.45, 2.75) is 25.6 Å². The molecular weight excluding hydrogens is 222 g/mol. The van der Waals surface area contributed by atoms with E-state index in [2.05, 4.69) is 32.0 Å². The highest BCUT2D eigenvalue weighted by Gasteiger charge is 2.10. The first-order chi connectivity index (χ1) is 7.49. The third kappa shape index (κ3) is 4.24. The third-order valence-corrected chi connectivity index (χ3v) is 3.30. The van der Waals surface area contributed by atoms with Crippen molar-refractivity contribution in [3.63, 3.8) is 0 Å². The second-order valence-electron chi connectivity index (χ2n) is 3.96. The molecule has 0 aliphatic heterocycles. The van der Waals surface area contributed by atoms with E-state index in [-0.39, 0.29) is 0 Å². The summed E-state index contributed by atoms with van der Waals surface area (Å²) in [5.41, 5.74) is 9.11. The van der Waals surface area contributed by atoms with Crippen LogP contribution in [-0.2, 0) is 10.5 Å². The molecule has 0 aliphatic rings. The van der Waals surface area contributed by atoms with Crippen molar-refractivity contribution < 1.29 is 9.90 Å². The quantitative estimate of drug-likeness (QED) is 0.824. The zero-order valence-electron chi connectivity index (χ0n) is 9.56. The van der Waals surface area contributed by atoms with Crippen LogP contribution in [0.3, 0.4) is 0 Å². The Hall–Kier alpha value is -1.00. The lowest BCUT2D eigenvalue weighted by Crippen LogP contribution is -2.32. The number of nitrogens with two attached hydrogens (primary N) is 1. The van der Waals surface area contributed by atoms with Crippen molar-refractivity contribution in [3.8, 4) is 0 Å². The van der Waals surface area contributed by atoms with Crippen molar-refractivity contribution >= 4 is 17.7 Å². The Morgan fingerprint density at radius 3 is 2.44 bits per heavy atom. The fraction of sp³-hybridized carbons (Fsp3) is 0.417. The van der Waals surface area contributed by atoms with Gasteiger partial charge in [0.2, 0.25) is 0 Å². The van der Waals surface area contributed by atoms with Crippen LogP contribution in [0.25, 0.3) is 0 Å². The first kappa shape index (κ1) is 13.1. The fourth-order valence-electron chi connectivity index (χ4n) is 1.53. The van der Waals surface area contributed by atoms with Crippen LogP contribution in [0.15, 0.2) is 18.2 Å². The van der Waals surface area contributed by atoms with Gasteiger partial charge in [-0.3, -0.25) is 4.79 Å². The summed E-state index contributed by atoms with van der Waals surface area (Å²) in [5.74, 6) is 0.319.